The van der Waals surface area contributed by atoms with Gasteiger partial charge in [-0.05, 0) is 17.7 Å². The van der Waals surface area contributed by atoms with Crippen LogP contribution < -0.4 is 5.73 Å². The Bertz CT molecular complexity index is 346. The molecule has 0 aromatic heterocycles. The van der Waals surface area contributed by atoms with Crippen LogP contribution in [0.2, 0.25) is 0 Å². The number of ketones is 1. The number of benzene rings is 1. The smallest absolute Gasteiger partial charge is 0.165 e. The number of phenols is 1. The highest BCUT2D eigenvalue weighted by atomic mass is 16.3. The van der Waals surface area contributed by atoms with Crippen LogP contribution in [0.5, 0.6) is 5.75 Å². The second-order valence-corrected chi connectivity index (χ2v) is 3.01. The van der Waals surface area contributed by atoms with Gasteiger partial charge in [0.1, 0.15) is 5.75 Å². The minimum absolute atomic E-state index is 0.0217. The Labute approximate surface area is 69.8 Å². The predicted octanol–water partition coefficient (Wildman–Crippen LogP) is 0.978. The molecular formula is C9H9NO2. The number of hydrogen-bond donors (Lipinski definition) is 2. The lowest BCUT2D eigenvalue weighted by Gasteiger charge is -2.01. The molecule has 2 rings (SSSR count). The summed E-state index contributed by atoms with van der Waals surface area (Å²) in [6, 6.07) is 4.55. The summed E-state index contributed by atoms with van der Waals surface area (Å²) in [7, 11) is 0. The molecule has 1 atom stereocenters. The lowest BCUT2D eigenvalue weighted by Crippen LogP contribution is -2.05. The number of aromatic hydroxyl groups is 1. The van der Waals surface area contributed by atoms with Gasteiger partial charge >= 0.3 is 0 Å². The highest BCUT2D eigenvalue weighted by molar-refractivity contribution is 6.01. The zero-order chi connectivity index (χ0) is 8.72. The third kappa shape index (κ3) is 0.905. The first kappa shape index (κ1) is 7.31. The standard InChI is InChI=1S/C9H9NO2/c10-8-4-9(12)7-3-5(11)1-2-6(7)8/h1-3,8,11H,4,10H2/t8-/m0/s1. The maximum Gasteiger partial charge on any atom is 0.165 e. The first-order chi connectivity index (χ1) is 5.68. The van der Waals surface area contributed by atoms with Crippen molar-refractivity contribution in [3.8, 4) is 5.75 Å². The summed E-state index contributed by atoms with van der Waals surface area (Å²) in [5, 5.41) is 9.11. The van der Waals surface area contributed by atoms with E-state index in [4.69, 9.17) is 10.8 Å². The van der Waals surface area contributed by atoms with E-state index < -0.39 is 0 Å². The van der Waals surface area contributed by atoms with Gasteiger partial charge in [-0.1, -0.05) is 6.07 Å². The Morgan fingerprint density at radius 1 is 1.50 bits per heavy atom. The van der Waals surface area contributed by atoms with Gasteiger partial charge in [-0.3, -0.25) is 4.79 Å². The van der Waals surface area contributed by atoms with Gasteiger partial charge < -0.3 is 10.8 Å². The van der Waals surface area contributed by atoms with Crippen LogP contribution in [0.4, 0.5) is 0 Å². The van der Waals surface area contributed by atoms with Crippen LogP contribution in [-0.4, -0.2) is 10.9 Å². The largest absolute Gasteiger partial charge is 0.508 e. The molecule has 1 aliphatic rings. The number of Topliss-reactive ketones (excluding diaryl/α,β-unsaturated/α-hetero) is 1. The fraction of sp³-hybridized carbons (Fsp3) is 0.222. The van der Waals surface area contributed by atoms with Crippen molar-refractivity contribution in [2.45, 2.75) is 12.5 Å². The molecule has 0 saturated heterocycles. The van der Waals surface area contributed by atoms with E-state index >= 15 is 0 Å². The molecule has 0 heterocycles. The number of nitrogens with two attached hydrogens (primary N) is 1. The molecule has 12 heavy (non-hydrogen) atoms. The maximum absolute atomic E-state index is 11.2. The molecule has 1 aromatic rings. The molecular weight excluding hydrogens is 154 g/mol. The molecule has 0 aliphatic heterocycles. The van der Waals surface area contributed by atoms with E-state index in [9.17, 15) is 4.79 Å². The minimum atomic E-state index is -0.187. The van der Waals surface area contributed by atoms with Crippen molar-refractivity contribution in [3.05, 3.63) is 29.3 Å². The van der Waals surface area contributed by atoms with Gasteiger partial charge in [0.25, 0.3) is 0 Å². The summed E-state index contributed by atoms with van der Waals surface area (Å²) in [4.78, 5) is 11.2. The van der Waals surface area contributed by atoms with E-state index in [0.717, 1.165) is 5.56 Å². The quantitative estimate of drug-likeness (QED) is 0.599. The van der Waals surface area contributed by atoms with Crippen molar-refractivity contribution < 1.29 is 9.90 Å². The number of phenolic OH excluding ortho intramolecular Hbond substituents is 1. The first-order valence-electron chi connectivity index (χ1n) is 3.80. The zero-order valence-electron chi connectivity index (χ0n) is 6.45. The number of rotatable bonds is 0. The summed E-state index contributed by atoms with van der Waals surface area (Å²) in [5.41, 5.74) is 7.10. The molecule has 0 saturated carbocycles. The van der Waals surface area contributed by atoms with Crippen LogP contribution in [0.1, 0.15) is 28.4 Å². The van der Waals surface area contributed by atoms with Gasteiger partial charge in [-0.15, -0.1) is 0 Å². The summed E-state index contributed by atoms with van der Waals surface area (Å²) in [6.45, 7) is 0. The third-order valence-corrected chi connectivity index (χ3v) is 2.14. The SMILES string of the molecule is N[C@H]1CC(=O)c2cc(O)ccc21. The predicted molar refractivity (Wildman–Crippen MR) is 44.0 cm³/mol. The molecule has 0 spiro atoms. The molecule has 3 heteroatoms. The fourth-order valence-electron chi connectivity index (χ4n) is 1.53. The van der Waals surface area contributed by atoms with Gasteiger partial charge in [0.2, 0.25) is 0 Å². The van der Waals surface area contributed by atoms with Crippen molar-refractivity contribution >= 4 is 5.78 Å². The average molecular weight is 163 g/mol. The first-order valence-corrected chi connectivity index (χ1v) is 3.80. The molecule has 3 nitrogen and oxygen atoms in total. The summed E-state index contributed by atoms with van der Waals surface area (Å²) in [5.74, 6) is 0.143. The lowest BCUT2D eigenvalue weighted by molar-refractivity contribution is 0.0989. The molecule has 0 fully saturated rings. The Morgan fingerprint density at radius 3 is 3.00 bits per heavy atom. The number of carbonyl (C=O) groups excluding carboxylic acids is 1. The molecule has 0 radical (unpaired) electrons. The monoisotopic (exact) mass is 163 g/mol. The molecule has 1 aromatic carbocycles. The minimum Gasteiger partial charge on any atom is -0.508 e. The van der Waals surface area contributed by atoms with Crippen LogP contribution in [0.15, 0.2) is 18.2 Å². The normalized spacial score (nSPS) is 21.1. The van der Waals surface area contributed by atoms with Crippen molar-refractivity contribution in [3.63, 3.8) is 0 Å². The lowest BCUT2D eigenvalue weighted by atomic mass is 10.1. The zero-order valence-corrected chi connectivity index (χ0v) is 6.45. The van der Waals surface area contributed by atoms with E-state index in [2.05, 4.69) is 0 Å². The van der Waals surface area contributed by atoms with Crippen molar-refractivity contribution in [2.24, 2.45) is 5.73 Å². The molecule has 3 N–H and O–H groups in total. The highest BCUT2D eigenvalue weighted by Crippen LogP contribution is 2.31. The topological polar surface area (TPSA) is 63.3 Å². The van der Waals surface area contributed by atoms with Crippen LogP contribution in [0.3, 0.4) is 0 Å². The Kier molecular flexibility index (Phi) is 1.41. The Hall–Kier alpha value is -1.35. The van der Waals surface area contributed by atoms with E-state index in [1.807, 2.05) is 0 Å². The number of carbonyl (C=O) groups is 1. The van der Waals surface area contributed by atoms with E-state index in [0.29, 0.717) is 12.0 Å². The second kappa shape index (κ2) is 2.32. The molecule has 1 aliphatic carbocycles. The van der Waals surface area contributed by atoms with Crippen molar-refractivity contribution in [1.29, 1.82) is 0 Å². The van der Waals surface area contributed by atoms with Crippen LogP contribution in [0.25, 0.3) is 0 Å². The Morgan fingerprint density at radius 2 is 2.25 bits per heavy atom. The fourth-order valence-corrected chi connectivity index (χ4v) is 1.53. The maximum atomic E-state index is 11.2. The number of fused-ring (bicyclic) bond motifs is 1. The highest BCUT2D eigenvalue weighted by Gasteiger charge is 2.26. The second-order valence-electron chi connectivity index (χ2n) is 3.01. The summed E-state index contributed by atoms with van der Waals surface area (Å²) >= 11 is 0. The van der Waals surface area contributed by atoms with E-state index in [1.54, 1.807) is 12.1 Å². The summed E-state index contributed by atoms with van der Waals surface area (Å²) in [6.07, 6.45) is 0.360. The van der Waals surface area contributed by atoms with Crippen molar-refractivity contribution in [1.82, 2.24) is 0 Å². The van der Waals surface area contributed by atoms with Gasteiger partial charge in [-0.2, -0.15) is 0 Å². The molecule has 62 valence electrons. The van der Waals surface area contributed by atoms with Gasteiger partial charge in [0, 0.05) is 18.0 Å². The molecule has 0 bridgehead atoms. The van der Waals surface area contributed by atoms with Gasteiger partial charge in [0.05, 0.1) is 0 Å². The third-order valence-electron chi connectivity index (χ3n) is 2.14. The van der Waals surface area contributed by atoms with Gasteiger partial charge in [0.15, 0.2) is 5.78 Å². The molecule has 0 unspecified atom stereocenters. The van der Waals surface area contributed by atoms with E-state index in [1.165, 1.54) is 6.07 Å². The van der Waals surface area contributed by atoms with Crippen LogP contribution in [0, 0.1) is 0 Å². The van der Waals surface area contributed by atoms with E-state index in [-0.39, 0.29) is 17.6 Å². The number of hydrogen-bond acceptors (Lipinski definition) is 3. The van der Waals surface area contributed by atoms with Gasteiger partial charge in [-0.25, -0.2) is 0 Å². The Balaban J connectivity index is 2.60. The van der Waals surface area contributed by atoms with Crippen molar-refractivity contribution in [2.75, 3.05) is 0 Å². The molecule has 0 amide bonds. The average Bonchev–Trinajstić information content (AvgIpc) is 2.28. The van der Waals surface area contributed by atoms with Crippen LogP contribution >= 0.6 is 0 Å². The summed E-state index contributed by atoms with van der Waals surface area (Å²) < 4.78 is 0. The van der Waals surface area contributed by atoms with Crippen LogP contribution in [-0.2, 0) is 0 Å².